The van der Waals surface area contributed by atoms with Crippen molar-refractivity contribution in [1.29, 1.82) is 0 Å². The number of benzene rings is 1. The Morgan fingerprint density at radius 1 is 1.33 bits per heavy atom. The molecule has 1 saturated carbocycles. The number of aliphatic hydroxyl groups is 1. The first-order chi connectivity index (χ1) is 8.63. The molecule has 1 aromatic rings. The van der Waals surface area contributed by atoms with E-state index in [0.29, 0.717) is 11.8 Å². The molecule has 0 heterocycles. The molecular weight excluding hydrogens is 288 g/mol. The molecule has 3 unspecified atom stereocenters. The molecule has 100 valence electrons. The lowest BCUT2D eigenvalue weighted by molar-refractivity contribution is 0.0447. The van der Waals surface area contributed by atoms with Gasteiger partial charge in [-0.25, -0.2) is 0 Å². The summed E-state index contributed by atoms with van der Waals surface area (Å²) in [5.41, 5.74) is 2.29. The molecule has 0 radical (unpaired) electrons. The third-order valence-corrected chi connectivity index (χ3v) is 5.06. The summed E-state index contributed by atoms with van der Waals surface area (Å²) in [4.78, 5) is 0. The van der Waals surface area contributed by atoms with Gasteiger partial charge in [-0.05, 0) is 42.4 Å². The van der Waals surface area contributed by atoms with Crippen LogP contribution in [0.2, 0.25) is 0 Å². The minimum Gasteiger partial charge on any atom is -0.388 e. The number of halogens is 1. The molecule has 0 spiro atoms. The van der Waals surface area contributed by atoms with Crippen molar-refractivity contribution in [1.82, 2.24) is 0 Å². The SMILES string of the molecule is CCC1CCCCC1C(O)c1ccc(C)cc1Br. The Hall–Kier alpha value is -0.340. The first-order valence-corrected chi connectivity index (χ1v) is 7.87. The molecule has 1 fully saturated rings. The molecule has 0 amide bonds. The van der Waals surface area contributed by atoms with Gasteiger partial charge in [-0.3, -0.25) is 0 Å². The Labute approximate surface area is 119 Å². The summed E-state index contributed by atoms with van der Waals surface area (Å²) in [6.07, 6.45) is 5.91. The fraction of sp³-hybridized carbons (Fsp3) is 0.625. The second-order valence-electron chi connectivity index (χ2n) is 5.59. The van der Waals surface area contributed by atoms with E-state index in [1.165, 1.54) is 37.7 Å². The van der Waals surface area contributed by atoms with Gasteiger partial charge in [0.15, 0.2) is 0 Å². The summed E-state index contributed by atoms with van der Waals surface area (Å²) < 4.78 is 1.05. The van der Waals surface area contributed by atoms with Crippen molar-refractivity contribution in [3.63, 3.8) is 0 Å². The van der Waals surface area contributed by atoms with Gasteiger partial charge < -0.3 is 5.11 Å². The standard InChI is InChI=1S/C16H23BrO/c1-3-12-6-4-5-7-13(12)16(18)14-9-8-11(2)10-15(14)17/h8-10,12-13,16,18H,3-7H2,1-2H3. The topological polar surface area (TPSA) is 20.2 Å². The van der Waals surface area contributed by atoms with Crippen molar-refractivity contribution in [2.24, 2.45) is 11.8 Å². The van der Waals surface area contributed by atoms with Crippen LogP contribution in [0.5, 0.6) is 0 Å². The molecular formula is C16H23BrO. The van der Waals surface area contributed by atoms with E-state index in [4.69, 9.17) is 0 Å². The summed E-state index contributed by atoms with van der Waals surface area (Å²) in [6.45, 7) is 4.33. The summed E-state index contributed by atoms with van der Waals surface area (Å²) in [5.74, 6) is 1.12. The molecule has 0 aromatic heterocycles. The smallest absolute Gasteiger partial charge is 0.0831 e. The summed E-state index contributed by atoms with van der Waals surface area (Å²) in [7, 11) is 0. The van der Waals surface area contributed by atoms with Crippen LogP contribution in [0.1, 0.15) is 56.3 Å². The van der Waals surface area contributed by atoms with Crippen LogP contribution in [0.3, 0.4) is 0 Å². The van der Waals surface area contributed by atoms with E-state index < -0.39 is 0 Å². The Balaban J connectivity index is 2.20. The lowest BCUT2D eigenvalue weighted by Gasteiger charge is -2.35. The van der Waals surface area contributed by atoms with Crippen LogP contribution in [0.25, 0.3) is 0 Å². The summed E-state index contributed by atoms with van der Waals surface area (Å²) in [6, 6.07) is 6.26. The number of aliphatic hydroxyl groups excluding tert-OH is 1. The van der Waals surface area contributed by atoms with Crippen molar-refractivity contribution >= 4 is 15.9 Å². The van der Waals surface area contributed by atoms with E-state index in [-0.39, 0.29) is 6.10 Å². The van der Waals surface area contributed by atoms with Crippen LogP contribution >= 0.6 is 15.9 Å². The van der Waals surface area contributed by atoms with Gasteiger partial charge in [0.05, 0.1) is 6.10 Å². The Bertz CT molecular complexity index is 402. The van der Waals surface area contributed by atoms with Crippen molar-refractivity contribution in [3.8, 4) is 0 Å². The Morgan fingerprint density at radius 3 is 2.72 bits per heavy atom. The maximum absolute atomic E-state index is 10.7. The van der Waals surface area contributed by atoms with Crippen LogP contribution in [0.4, 0.5) is 0 Å². The zero-order valence-corrected chi connectivity index (χ0v) is 12.9. The predicted molar refractivity (Wildman–Crippen MR) is 79.6 cm³/mol. The molecule has 2 heteroatoms. The number of aryl methyl sites for hydroxylation is 1. The van der Waals surface area contributed by atoms with Crippen LogP contribution in [-0.4, -0.2) is 5.11 Å². The van der Waals surface area contributed by atoms with Crippen LogP contribution < -0.4 is 0 Å². The molecule has 3 atom stereocenters. The van der Waals surface area contributed by atoms with E-state index in [1.54, 1.807) is 0 Å². The van der Waals surface area contributed by atoms with Gasteiger partial charge in [0.2, 0.25) is 0 Å². The third-order valence-electron chi connectivity index (χ3n) is 4.37. The van der Waals surface area contributed by atoms with Gasteiger partial charge >= 0.3 is 0 Å². The highest BCUT2D eigenvalue weighted by Gasteiger charge is 2.31. The highest BCUT2D eigenvalue weighted by molar-refractivity contribution is 9.10. The predicted octanol–water partition coefficient (Wildman–Crippen LogP) is 5.01. The highest BCUT2D eigenvalue weighted by atomic mass is 79.9. The zero-order chi connectivity index (χ0) is 13.1. The molecule has 1 N–H and O–H groups in total. The maximum atomic E-state index is 10.7. The van der Waals surface area contributed by atoms with Crippen LogP contribution in [-0.2, 0) is 0 Å². The van der Waals surface area contributed by atoms with Crippen molar-refractivity contribution in [2.75, 3.05) is 0 Å². The minimum atomic E-state index is -0.315. The molecule has 2 rings (SSSR count). The second kappa shape index (κ2) is 6.21. The Morgan fingerprint density at radius 2 is 2.06 bits per heavy atom. The van der Waals surface area contributed by atoms with Gasteiger partial charge in [0, 0.05) is 4.47 Å². The second-order valence-corrected chi connectivity index (χ2v) is 6.44. The van der Waals surface area contributed by atoms with Crippen molar-refractivity contribution in [2.45, 2.75) is 52.1 Å². The third kappa shape index (κ3) is 2.97. The number of rotatable bonds is 3. The number of hydrogen-bond acceptors (Lipinski definition) is 1. The van der Waals surface area contributed by atoms with Crippen LogP contribution in [0.15, 0.2) is 22.7 Å². The van der Waals surface area contributed by atoms with Crippen LogP contribution in [0, 0.1) is 18.8 Å². The molecule has 1 aromatic carbocycles. The maximum Gasteiger partial charge on any atom is 0.0831 e. The lowest BCUT2D eigenvalue weighted by Crippen LogP contribution is -2.25. The normalized spacial score (nSPS) is 26.0. The van der Waals surface area contributed by atoms with Gasteiger partial charge in [-0.15, -0.1) is 0 Å². The largest absolute Gasteiger partial charge is 0.388 e. The molecule has 0 bridgehead atoms. The van der Waals surface area contributed by atoms with E-state index >= 15 is 0 Å². The van der Waals surface area contributed by atoms with Gasteiger partial charge in [-0.2, -0.15) is 0 Å². The summed E-state index contributed by atoms with van der Waals surface area (Å²) >= 11 is 3.60. The van der Waals surface area contributed by atoms with Crippen molar-refractivity contribution < 1.29 is 5.11 Å². The fourth-order valence-electron chi connectivity index (χ4n) is 3.26. The first kappa shape index (κ1) is 14.1. The van der Waals surface area contributed by atoms with E-state index in [2.05, 4.69) is 48.0 Å². The zero-order valence-electron chi connectivity index (χ0n) is 11.3. The van der Waals surface area contributed by atoms with Gasteiger partial charge in [-0.1, -0.05) is 60.7 Å². The van der Waals surface area contributed by atoms with Crippen molar-refractivity contribution in [3.05, 3.63) is 33.8 Å². The molecule has 0 aliphatic heterocycles. The molecule has 0 saturated heterocycles. The molecule has 1 aliphatic rings. The summed E-state index contributed by atoms with van der Waals surface area (Å²) in [5, 5.41) is 10.7. The fourth-order valence-corrected chi connectivity index (χ4v) is 3.99. The average Bonchev–Trinajstić information content (AvgIpc) is 2.38. The average molecular weight is 311 g/mol. The minimum absolute atomic E-state index is 0.315. The lowest BCUT2D eigenvalue weighted by atomic mass is 9.73. The highest BCUT2D eigenvalue weighted by Crippen LogP contribution is 2.41. The molecule has 18 heavy (non-hydrogen) atoms. The quantitative estimate of drug-likeness (QED) is 0.832. The number of hydrogen-bond donors (Lipinski definition) is 1. The monoisotopic (exact) mass is 310 g/mol. The molecule has 1 nitrogen and oxygen atoms in total. The van der Waals surface area contributed by atoms with E-state index in [0.717, 1.165) is 10.0 Å². The van der Waals surface area contributed by atoms with Gasteiger partial charge in [0.25, 0.3) is 0 Å². The first-order valence-electron chi connectivity index (χ1n) is 7.07. The van der Waals surface area contributed by atoms with Gasteiger partial charge in [0.1, 0.15) is 0 Å². The Kier molecular flexibility index (Phi) is 4.85. The van der Waals surface area contributed by atoms with E-state index in [9.17, 15) is 5.11 Å². The van der Waals surface area contributed by atoms with E-state index in [1.807, 2.05) is 0 Å². The molecule has 1 aliphatic carbocycles.